The summed E-state index contributed by atoms with van der Waals surface area (Å²) in [5, 5.41) is 0. The number of amides is 1. The minimum absolute atomic E-state index is 0. The van der Waals surface area contributed by atoms with Crippen molar-refractivity contribution in [3.8, 4) is 0 Å². The van der Waals surface area contributed by atoms with Crippen LogP contribution in [0.2, 0.25) is 0 Å². The van der Waals surface area contributed by atoms with Crippen LogP contribution in [0.5, 0.6) is 0 Å². The first-order valence-corrected chi connectivity index (χ1v) is 9.96. The molecule has 0 aliphatic heterocycles. The summed E-state index contributed by atoms with van der Waals surface area (Å²) in [5.74, 6) is 0.279. The van der Waals surface area contributed by atoms with Crippen molar-refractivity contribution in [1.29, 1.82) is 0 Å². The Morgan fingerprint density at radius 1 is 0.857 bits per heavy atom. The second kappa shape index (κ2) is 20.2. The molecule has 0 aromatic carbocycles. The van der Waals surface area contributed by atoms with Crippen molar-refractivity contribution in [2.45, 2.75) is 98.3 Å². The third-order valence-corrected chi connectivity index (χ3v) is 5.71. The molecule has 0 saturated heterocycles. The van der Waals surface area contributed by atoms with Crippen molar-refractivity contribution in [2.75, 3.05) is 0 Å². The van der Waals surface area contributed by atoms with E-state index >= 15 is 0 Å². The van der Waals surface area contributed by atoms with Gasteiger partial charge in [0.2, 0.25) is 0 Å². The summed E-state index contributed by atoms with van der Waals surface area (Å²) in [5.41, 5.74) is 11.5. The summed E-state index contributed by atoms with van der Waals surface area (Å²) < 4.78 is 0. The second-order valence-electron chi connectivity index (χ2n) is 7.62. The van der Waals surface area contributed by atoms with E-state index in [2.05, 4.69) is 33.8 Å². The zero-order valence-electron chi connectivity index (χ0n) is 18.8. The SMILES string of the molecule is CC1=[C-]C(C)C(C)=C1C.[CH3-].[CH3-].[NH-]C(=O)C1CCCCCCCCCCC1.[SiH4].[Ti+4]. The molecule has 2 aliphatic carbocycles. The Morgan fingerprint density at radius 2 is 1.21 bits per heavy atom. The van der Waals surface area contributed by atoms with Crippen LogP contribution in [0.15, 0.2) is 16.7 Å². The maximum atomic E-state index is 11.1. The first-order valence-electron chi connectivity index (χ1n) is 9.96. The van der Waals surface area contributed by atoms with E-state index in [0.29, 0.717) is 5.92 Å². The fourth-order valence-corrected chi connectivity index (χ4v) is 3.59. The van der Waals surface area contributed by atoms with E-state index < -0.39 is 0 Å². The molecule has 1 fully saturated rings. The van der Waals surface area contributed by atoms with Crippen molar-refractivity contribution in [1.82, 2.24) is 0 Å². The average molecular weight is 442 g/mol. The van der Waals surface area contributed by atoms with Crippen LogP contribution in [0.25, 0.3) is 5.73 Å². The molecule has 2 rings (SSSR count). The van der Waals surface area contributed by atoms with E-state index in [1.165, 1.54) is 61.7 Å². The molecular weight excluding hydrogens is 394 g/mol. The fraction of sp³-hybridized carbons (Fsp3) is 0.708. The smallest absolute Gasteiger partial charge is 0.668 e. The summed E-state index contributed by atoms with van der Waals surface area (Å²) in [7, 11) is 0. The molecule has 1 atom stereocenters. The van der Waals surface area contributed by atoms with Gasteiger partial charge < -0.3 is 25.4 Å². The van der Waals surface area contributed by atoms with E-state index in [9.17, 15) is 4.79 Å². The molecule has 1 unspecified atom stereocenters. The van der Waals surface area contributed by atoms with Gasteiger partial charge in [0.15, 0.2) is 0 Å². The molecule has 28 heavy (non-hydrogen) atoms. The van der Waals surface area contributed by atoms with Gasteiger partial charge in [-0.15, -0.1) is 6.92 Å². The van der Waals surface area contributed by atoms with Crippen molar-refractivity contribution in [3.63, 3.8) is 0 Å². The number of nitrogens with one attached hydrogen (secondary N) is 1. The van der Waals surface area contributed by atoms with Crippen LogP contribution in [0.3, 0.4) is 0 Å². The third kappa shape index (κ3) is 14.0. The van der Waals surface area contributed by atoms with Gasteiger partial charge in [-0.1, -0.05) is 84.5 Å². The molecule has 1 amide bonds. The van der Waals surface area contributed by atoms with E-state index in [1.54, 1.807) is 0 Å². The molecule has 0 heterocycles. The van der Waals surface area contributed by atoms with Crippen molar-refractivity contribution in [3.05, 3.63) is 43.4 Å². The Balaban J connectivity index is -0.000000195. The van der Waals surface area contributed by atoms with Crippen molar-refractivity contribution < 1.29 is 26.5 Å². The standard InChI is InChI=1S/C13H25NO.C9H13.2CH3.H4Si.Ti/c14-13(15)12-10-8-6-4-2-1-3-5-7-9-11-12;1-6-5-7(2)9(4)8(6)3;;;;/h12H,1-11H2,(H2,14,15);6H,1-4H3;2*1H3;1H4;/q;3*-1;;+4/p-1. The number of rotatable bonds is 1. The van der Waals surface area contributed by atoms with Crippen LogP contribution in [0, 0.1) is 32.8 Å². The molecule has 162 valence electrons. The molecule has 2 aliphatic rings. The molecule has 0 bridgehead atoms. The predicted molar refractivity (Wildman–Crippen MR) is 128 cm³/mol. The molecule has 1 saturated carbocycles. The van der Waals surface area contributed by atoms with Crippen LogP contribution in [0.1, 0.15) is 98.3 Å². The van der Waals surface area contributed by atoms with E-state index in [4.69, 9.17) is 5.73 Å². The van der Waals surface area contributed by atoms with Gasteiger partial charge in [0.25, 0.3) is 0 Å². The van der Waals surface area contributed by atoms with Crippen LogP contribution in [-0.2, 0) is 26.5 Å². The Bertz CT molecular complexity index is 448. The quantitative estimate of drug-likeness (QED) is 0.331. The van der Waals surface area contributed by atoms with Gasteiger partial charge in [0, 0.05) is 5.92 Å². The van der Waals surface area contributed by atoms with Gasteiger partial charge in [0.1, 0.15) is 0 Å². The monoisotopic (exact) mass is 441 g/mol. The molecule has 2 nitrogen and oxygen atoms in total. The molecule has 0 spiro atoms. The van der Waals surface area contributed by atoms with Crippen molar-refractivity contribution >= 4 is 16.9 Å². The molecule has 0 aromatic rings. The zero-order valence-corrected chi connectivity index (χ0v) is 20.4. The summed E-state index contributed by atoms with van der Waals surface area (Å²) in [6, 6.07) is 0. The molecule has 4 heteroatoms. The normalized spacial score (nSPS) is 20.9. The summed E-state index contributed by atoms with van der Waals surface area (Å²) >= 11 is 0. The van der Waals surface area contributed by atoms with Gasteiger partial charge in [0.05, 0.1) is 5.91 Å². The number of allylic oxidation sites excluding steroid dienone is 4. The van der Waals surface area contributed by atoms with Gasteiger partial charge in [-0.05, 0) is 23.8 Å². The summed E-state index contributed by atoms with van der Waals surface area (Å²) in [4.78, 5) is 11.1. The molecule has 0 radical (unpaired) electrons. The van der Waals surface area contributed by atoms with Crippen LogP contribution >= 0.6 is 0 Å². The first-order chi connectivity index (χ1) is 11.4. The maximum absolute atomic E-state index is 11.1. The minimum atomic E-state index is -0.327. The predicted octanol–water partition coefficient (Wildman–Crippen LogP) is 6.65. The average Bonchev–Trinajstić information content (AvgIpc) is 2.74. The van der Waals surface area contributed by atoms with Gasteiger partial charge in [-0.3, -0.25) is 6.08 Å². The number of carbonyl (C=O) groups excluding carboxylic acids is 1. The van der Waals surface area contributed by atoms with Crippen LogP contribution < -0.4 is 0 Å². The van der Waals surface area contributed by atoms with Crippen LogP contribution in [-0.4, -0.2) is 16.9 Å². The summed E-state index contributed by atoms with van der Waals surface area (Å²) in [6.45, 7) is 8.67. The Labute approximate surface area is 196 Å². The molecule has 0 aromatic heterocycles. The first kappa shape index (κ1) is 35.3. The molecule has 1 N–H and O–H groups in total. The van der Waals surface area contributed by atoms with Gasteiger partial charge in [-0.2, -0.15) is 11.1 Å². The Hall–Kier alpha value is -0.119. The van der Waals surface area contributed by atoms with E-state index in [1.807, 2.05) is 0 Å². The molecular formula is C24H47NOSiTi. The Morgan fingerprint density at radius 3 is 1.43 bits per heavy atom. The number of hydrogen-bond donors (Lipinski definition) is 0. The summed E-state index contributed by atoms with van der Waals surface area (Å²) in [6.07, 6.45) is 16.8. The largest absolute Gasteiger partial charge is 4.00 e. The van der Waals surface area contributed by atoms with Crippen LogP contribution in [0.4, 0.5) is 0 Å². The second-order valence-corrected chi connectivity index (χ2v) is 7.62. The zero-order chi connectivity index (χ0) is 17.9. The van der Waals surface area contributed by atoms with E-state index in [0.717, 1.165) is 25.7 Å². The Kier molecular flexibility index (Phi) is 25.4. The number of hydrogen-bond acceptors (Lipinski definition) is 1. The van der Waals surface area contributed by atoms with Gasteiger partial charge >= 0.3 is 21.7 Å². The number of carbonyl (C=O) groups is 1. The topological polar surface area (TPSA) is 40.9 Å². The van der Waals surface area contributed by atoms with Gasteiger partial charge in [-0.25, -0.2) is 5.57 Å². The minimum Gasteiger partial charge on any atom is -0.668 e. The third-order valence-electron chi connectivity index (χ3n) is 5.71. The maximum Gasteiger partial charge on any atom is 4.00 e. The fourth-order valence-electron chi connectivity index (χ4n) is 3.59. The van der Waals surface area contributed by atoms with Crippen molar-refractivity contribution in [2.24, 2.45) is 11.8 Å². The van der Waals surface area contributed by atoms with E-state index in [-0.39, 0.29) is 59.4 Å².